The van der Waals surface area contributed by atoms with Gasteiger partial charge in [0.1, 0.15) is 29.9 Å². The lowest BCUT2D eigenvalue weighted by atomic mass is 9.56. The molecule has 0 aromatic heterocycles. The Bertz CT molecular complexity index is 1610. The minimum absolute atomic E-state index is 0.120. The number of aliphatic hydroxyl groups excluding tert-OH is 5. The second-order valence-electron chi connectivity index (χ2n) is 22.8. The van der Waals surface area contributed by atoms with Gasteiger partial charge in [-0.1, -0.05) is 47.1 Å². The Morgan fingerprint density at radius 1 is 0.652 bits per heavy atom. The molecule has 66 heavy (non-hydrogen) atoms. The first-order chi connectivity index (χ1) is 31.7. The monoisotopic (exact) mass is 932 g/mol. The quantitative estimate of drug-likeness (QED) is 0.0937. The molecular formula is C52H89N3O11. The number of nitrogens with two attached hydrogens (primary N) is 1. The maximum atomic E-state index is 11.4. The fourth-order valence-corrected chi connectivity index (χ4v) is 17.3. The molecule has 4 saturated carbocycles. The average Bonchev–Trinajstić information content (AvgIpc) is 3.89. The first-order valence-corrected chi connectivity index (χ1v) is 26.7. The molecule has 14 nitrogen and oxygen atoms in total. The highest BCUT2D eigenvalue weighted by atomic mass is 16.6. The number of carbonyl (C=O) groups is 1. The summed E-state index contributed by atoms with van der Waals surface area (Å²) >= 11 is 0. The first kappa shape index (κ1) is 51.3. The number of hydrogen-bond acceptors (Lipinski definition) is 14. The zero-order valence-electron chi connectivity index (χ0n) is 40.6. The van der Waals surface area contributed by atoms with Gasteiger partial charge in [-0.15, -0.1) is 0 Å². The molecule has 24 atom stereocenters. The molecule has 10 fully saturated rings. The summed E-state index contributed by atoms with van der Waals surface area (Å²) in [5.41, 5.74) is 3.11. The van der Waals surface area contributed by atoms with Gasteiger partial charge in [0.2, 0.25) is 0 Å². The van der Waals surface area contributed by atoms with E-state index in [1.807, 2.05) is 13.8 Å². The minimum atomic E-state index is -1.27. The fraction of sp³-hybridized carbons (Fsp3) is 0.942. The van der Waals surface area contributed by atoms with E-state index in [2.05, 4.69) is 30.2 Å². The molecule has 0 aromatic rings. The largest absolute Gasteiger partial charge is 0.393 e. The van der Waals surface area contributed by atoms with Crippen LogP contribution in [0.1, 0.15) is 124 Å². The van der Waals surface area contributed by atoms with Crippen LogP contribution in [0.25, 0.3) is 0 Å². The third kappa shape index (κ3) is 9.08. The van der Waals surface area contributed by atoms with Crippen LogP contribution in [0.5, 0.6) is 0 Å². The zero-order chi connectivity index (χ0) is 47.2. The number of rotatable bonds is 9. The van der Waals surface area contributed by atoms with E-state index >= 15 is 0 Å². The van der Waals surface area contributed by atoms with Crippen LogP contribution < -0.4 is 5.73 Å². The van der Waals surface area contributed by atoms with Crippen LogP contribution in [0, 0.1) is 82.9 Å². The van der Waals surface area contributed by atoms with Gasteiger partial charge in [0.25, 0.3) is 0 Å². The van der Waals surface area contributed by atoms with E-state index in [0.717, 1.165) is 77.0 Å². The molecule has 0 aromatic carbocycles. The third-order valence-electron chi connectivity index (χ3n) is 20.5. The van der Waals surface area contributed by atoms with Gasteiger partial charge in [0.15, 0.2) is 12.6 Å². The molecule has 0 radical (unpaired) electrons. The molecule has 6 heterocycles. The van der Waals surface area contributed by atoms with Crippen molar-refractivity contribution in [2.24, 2.45) is 88.6 Å². The maximum Gasteiger partial charge on any atom is 0.183 e. The summed E-state index contributed by atoms with van der Waals surface area (Å²) in [5.74, 6) is 5.78. The van der Waals surface area contributed by atoms with E-state index < -0.39 is 36.2 Å². The molecule has 6 aliphatic heterocycles. The molecule has 6 saturated heterocycles. The van der Waals surface area contributed by atoms with Gasteiger partial charge in [0.05, 0.1) is 25.4 Å². The number of allylic oxidation sites excluding steroid dienone is 1. The molecule has 14 heteroatoms. The van der Waals surface area contributed by atoms with Gasteiger partial charge < -0.3 is 55.7 Å². The molecule has 24 unspecified atom stereocenters. The average molecular weight is 932 g/mol. The van der Waals surface area contributed by atoms with Crippen molar-refractivity contribution in [3.63, 3.8) is 0 Å². The first-order valence-electron chi connectivity index (χ1n) is 26.7. The van der Waals surface area contributed by atoms with Gasteiger partial charge in [-0.25, -0.2) is 0 Å². The molecule has 0 spiro atoms. The number of hydrogen-bond donors (Lipinski definition) is 8. The summed E-state index contributed by atoms with van der Waals surface area (Å²) in [6.45, 7) is 15.5. The van der Waals surface area contributed by atoms with Crippen molar-refractivity contribution in [1.29, 1.82) is 0 Å². The number of nitrogens with zero attached hydrogens (tertiary/aromatic N) is 2. The summed E-state index contributed by atoms with van der Waals surface area (Å²) in [4.78, 5) is 13.7. The van der Waals surface area contributed by atoms with Crippen LogP contribution in [-0.2, 0) is 19.0 Å². The highest BCUT2D eigenvalue weighted by Crippen LogP contribution is 2.60. The molecule has 378 valence electrons. The van der Waals surface area contributed by atoms with Crippen molar-refractivity contribution in [2.75, 3.05) is 39.5 Å². The van der Waals surface area contributed by atoms with Crippen molar-refractivity contribution >= 4 is 6.29 Å². The van der Waals surface area contributed by atoms with E-state index in [4.69, 9.17) is 24.7 Å². The third-order valence-corrected chi connectivity index (χ3v) is 20.5. The standard InChI is InChI=1S/C26H46N2O5.C23H39NO5.C3H4O/c1-3-17-18-11-16(32-9-5-8-27)7-6-15(18)10-19-20(17)13-28-23(19)12-22-21(24(28)29)14-33-25(30)26(22,31)4-2;1-3-14-15-8-13(25)6-5-12(15)7-16-17(14)10-24-20(16)9-19-18(21(24)26)11-29-22(27)23(19,28)4-2;1-2-3-4/h15-25,29-31H,3-14,27H2,1-2H3;12-22,25-28H,3-11H2,1-2H3;2-3H,1H2. The summed E-state index contributed by atoms with van der Waals surface area (Å²) in [5, 5.41) is 76.5. The van der Waals surface area contributed by atoms with Gasteiger partial charge >= 0.3 is 0 Å². The number of carbonyl (C=O) groups excluding carboxylic acids is 1. The SMILES string of the molecule is C=CC=O.CCC1C2CC(O)CCC2CC2C1CN1C(O)C3COC(O)C(O)(CC)C3CC21.CCC1C2CC(OCCCN)CCC2CC2C1CN1C(O)C3COC(O)C(O)(CC)C3CC21. The Morgan fingerprint density at radius 2 is 1.12 bits per heavy atom. The summed E-state index contributed by atoms with van der Waals surface area (Å²) in [6.07, 6.45) is 13.3. The van der Waals surface area contributed by atoms with Crippen LogP contribution in [0.3, 0.4) is 0 Å². The lowest BCUT2D eigenvalue weighted by Crippen LogP contribution is -2.66. The summed E-state index contributed by atoms with van der Waals surface area (Å²) < 4.78 is 17.3. The van der Waals surface area contributed by atoms with Crippen molar-refractivity contribution in [2.45, 2.75) is 185 Å². The lowest BCUT2D eigenvalue weighted by molar-refractivity contribution is -0.308. The Balaban J connectivity index is 0.000000167. The molecule has 9 N–H and O–H groups in total. The molecule has 10 aliphatic rings. The predicted octanol–water partition coefficient (Wildman–Crippen LogP) is 3.85. The summed E-state index contributed by atoms with van der Waals surface area (Å²) in [6, 6.07) is 0.574. The highest BCUT2D eigenvalue weighted by Gasteiger charge is 2.64. The van der Waals surface area contributed by atoms with Crippen LogP contribution in [-0.4, -0.2) is 152 Å². The minimum Gasteiger partial charge on any atom is -0.393 e. The molecule has 10 rings (SSSR count). The zero-order valence-corrected chi connectivity index (χ0v) is 40.6. The smallest absolute Gasteiger partial charge is 0.183 e. The highest BCUT2D eigenvalue weighted by molar-refractivity contribution is 5.63. The van der Waals surface area contributed by atoms with Crippen molar-refractivity contribution < 1.29 is 54.8 Å². The molecule has 4 aliphatic carbocycles. The summed E-state index contributed by atoms with van der Waals surface area (Å²) in [7, 11) is 0. The molecular weight excluding hydrogens is 843 g/mol. The van der Waals surface area contributed by atoms with Crippen LogP contribution in [0.4, 0.5) is 0 Å². The molecule has 0 amide bonds. The normalized spacial score (nSPS) is 51.6. The van der Waals surface area contributed by atoms with Gasteiger partial charge in [-0.05, 0) is 155 Å². The van der Waals surface area contributed by atoms with Gasteiger partial charge in [-0.3, -0.25) is 14.6 Å². The van der Waals surface area contributed by atoms with Crippen molar-refractivity contribution in [1.82, 2.24) is 9.80 Å². The second-order valence-corrected chi connectivity index (χ2v) is 22.8. The Morgan fingerprint density at radius 3 is 1.56 bits per heavy atom. The Labute approximate surface area is 395 Å². The number of aliphatic hydroxyl groups is 7. The van der Waals surface area contributed by atoms with Crippen molar-refractivity contribution in [3.05, 3.63) is 12.7 Å². The van der Waals surface area contributed by atoms with E-state index in [1.165, 1.54) is 38.2 Å². The number of piperidine rings is 2. The predicted molar refractivity (Wildman–Crippen MR) is 249 cm³/mol. The second kappa shape index (κ2) is 21.3. The lowest BCUT2D eigenvalue weighted by Gasteiger charge is -2.55. The van der Waals surface area contributed by atoms with Crippen LogP contribution >= 0.6 is 0 Å². The van der Waals surface area contributed by atoms with E-state index in [1.54, 1.807) is 0 Å². The topological polar surface area (TPSA) is 219 Å². The van der Waals surface area contributed by atoms with Crippen LogP contribution in [0.2, 0.25) is 0 Å². The van der Waals surface area contributed by atoms with Crippen molar-refractivity contribution in [3.8, 4) is 0 Å². The Hall–Kier alpha value is -1.11. The van der Waals surface area contributed by atoms with Gasteiger partial charge in [-0.2, -0.15) is 0 Å². The number of fused-ring (bicyclic) bond motifs is 10. The number of ether oxygens (including phenoxy) is 3. The van der Waals surface area contributed by atoms with Gasteiger partial charge in [0, 0.05) is 55.5 Å². The van der Waals surface area contributed by atoms with E-state index in [9.17, 15) is 35.7 Å². The fourth-order valence-electron chi connectivity index (χ4n) is 17.3. The number of aldehydes is 1. The van der Waals surface area contributed by atoms with E-state index in [-0.39, 0.29) is 35.8 Å². The maximum absolute atomic E-state index is 11.4. The van der Waals surface area contributed by atoms with Crippen LogP contribution in [0.15, 0.2) is 12.7 Å². The molecule has 0 bridgehead atoms. The van der Waals surface area contributed by atoms with E-state index in [0.29, 0.717) is 104 Å². The Kier molecular flexibility index (Phi) is 16.5.